The molecule has 2 atom stereocenters. The average molecular weight is 601 g/mol. The minimum atomic E-state index is -3.52. The van der Waals surface area contributed by atoms with Crippen molar-refractivity contribution in [1.29, 1.82) is 0 Å². The number of fused-ring (bicyclic) bond motifs is 1. The molecule has 0 radical (unpaired) electrons. The number of hydrogen-bond acceptors (Lipinski definition) is 9. The minimum Gasteiger partial charge on any atom is -0.326 e. The average Bonchev–Trinajstić information content (AvgIpc) is 3.64. The van der Waals surface area contributed by atoms with E-state index in [1.807, 2.05) is 4.90 Å². The second kappa shape index (κ2) is 11.8. The predicted molar refractivity (Wildman–Crippen MR) is 136 cm³/mol. The molecule has 39 heavy (non-hydrogen) atoms. The number of halogens is 4. The number of carbonyl (C=O) groups excluding carboxylic acids is 2. The fraction of sp³-hybridized carbons (Fsp3) is 0.304. The summed E-state index contributed by atoms with van der Waals surface area (Å²) in [4.78, 5) is 27.4. The summed E-state index contributed by atoms with van der Waals surface area (Å²) in [5, 5.41) is 6.55. The molecule has 206 valence electrons. The van der Waals surface area contributed by atoms with Gasteiger partial charge < -0.3 is 4.90 Å². The Morgan fingerprint density at radius 2 is 2.03 bits per heavy atom. The molecule has 0 unspecified atom stereocenters. The summed E-state index contributed by atoms with van der Waals surface area (Å²) in [7, 11) is -3.52. The van der Waals surface area contributed by atoms with Crippen molar-refractivity contribution in [2.75, 3.05) is 12.3 Å². The quantitative estimate of drug-likeness (QED) is 0.436. The van der Waals surface area contributed by atoms with E-state index in [1.54, 1.807) is 18.5 Å². The standard InChI is InChI=1S/C22H20ClF3N6O2S2.CO2/c1-2-36(33,34)30-13-10-17-18(16-5-7-32(29-16)22(25)26)19(14-4-3-12(24)9-15(14)23)28-20(31(17)11-13)21-27-6-8-35-21;2-1-3/h3-9,13,19,22,30H,2,10-11H2,1H3;/t13-,19-;/m0./s1. The molecule has 0 saturated carbocycles. The van der Waals surface area contributed by atoms with Crippen LogP contribution in [0.5, 0.6) is 0 Å². The van der Waals surface area contributed by atoms with Gasteiger partial charge in [0.05, 0.1) is 11.4 Å². The van der Waals surface area contributed by atoms with Crippen molar-refractivity contribution in [2.45, 2.75) is 32.0 Å². The van der Waals surface area contributed by atoms with Crippen LogP contribution in [-0.2, 0) is 19.6 Å². The lowest BCUT2D eigenvalue weighted by Gasteiger charge is -2.32. The zero-order valence-electron chi connectivity index (χ0n) is 20.1. The van der Waals surface area contributed by atoms with Crippen LogP contribution in [0.4, 0.5) is 13.2 Å². The number of alkyl halides is 2. The van der Waals surface area contributed by atoms with E-state index in [1.165, 1.54) is 29.5 Å². The lowest BCUT2D eigenvalue weighted by molar-refractivity contribution is -0.191. The Balaban J connectivity index is 0.00000112. The number of nitrogens with one attached hydrogen (secondary N) is 1. The predicted octanol–water partition coefficient (Wildman–Crippen LogP) is 3.87. The Labute approximate surface area is 229 Å². The molecule has 0 spiro atoms. The SMILES string of the molecule is CCS(=O)(=O)N[C@H]1CC2=C(c3ccn(C(F)F)n3)[C@H](c3ccc(F)cc3Cl)N=C(c3nccs3)N2C1.O=C=O. The van der Waals surface area contributed by atoms with Crippen molar-refractivity contribution in [1.82, 2.24) is 24.4 Å². The highest BCUT2D eigenvalue weighted by molar-refractivity contribution is 7.89. The Morgan fingerprint density at radius 3 is 2.62 bits per heavy atom. The molecule has 1 aromatic carbocycles. The molecule has 0 aliphatic carbocycles. The van der Waals surface area contributed by atoms with E-state index < -0.39 is 34.5 Å². The Bertz CT molecular complexity index is 1550. The van der Waals surface area contributed by atoms with E-state index in [0.29, 0.717) is 32.4 Å². The smallest absolute Gasteiger partial charge is 0.326 e. The number of amidine groups is 1. The van der Waals surface area contributed by atoms with Gasteiger partial charge in [-0.2, -0.15) is 23.5 Å². The third-order valence-electron chi connectivity index (χ3n) is 5.95. The number of thiazole rings is 1. The van der Waals surface area contributed by atoms with Crippen molar-refractivity contribution >= 4 is 50.5 Å². The minimum absolute atomic E-state index is 0.0879. The largest absolute Gasteiger partial charge is 0.373 e. The lowest BCUT2D eigenvalue weighted by Crippen LogP contribution is -2.39. The van der Waals surface area contributed by atoms with Crippen molar-refractivity contribution in [3.63, 3.8) is 0 Å². The highest BCUT2D eigenvalue weighted by Crippen LogP contribution is 2.46. The first-order chi connectivity index (χ1) is 18.6. The van der Waals surface area contributed by atoms with E-state index in [9.17, 15) is 21.6 Å². The Morgan fingerprint density at radius 1 is 1.28 bits per heavy atom. The number of aromatic nitrogens is 3. The van der Waals surface area contributed by atoms with E-state index in [4.69, 9.17) is 26.2 Å². The number of sulfonamides is 1. The first-order valence-electron chi connectivity index (χ1n) is 11.3. The molecule has 0 amide bonds. The summed E-state index contributed by atoms with van der Waals surface area (Å²) in [5.41, 5.74) is 1.84. The molecular formula is C23H20ClF3N6O4S2. The summed E-state index contributed by atoms with van der Waals surface area (Å²) in [6.45, 7) is -1.05. The van der Waals surface area contributed by atoms with Crippen molar-refractivity contribution in [3.8, 4) is 0 Å². The normalized spacial score (nSPS) is 18.9. The van der Waals surface area contributed by atoms with Crippen LogP contribution < -0.4 is 4.72 Å². The zero-order valence-corrected chi connectivity index (χ0v) is 22.5. The van der Waals surface area contributed by atoms with Gasteiger partial charge in [-0.1, -0.05) is 17.7 Å². The number of nitrogens with zero attached hydrogens (tertiary/aromatic N) is 5. The van der Waals surface area contributed by atoms with Gasteiger partial charge in [0.1, 0.15) is 11.9 Å². The lowest BCUT2D eigenvalue weighted by atomic mass is 9.92. The second-order valence-corrected chi connectivity index (χ2v) is 11.6. The maximum Gasteiger partial charge on any atom is 0.373 e. The molecule has 0 bridgehead atoms. The summed E-state index contributed by atoms with van der Waals surface area (Å²) in [6, 6.07) is 4.05. The fourth-order valence-electron chi connectivity index (χ4n) is 4.37. The van der Waals surface area contributed by atoms with E-state index in [0.717, 1.165) is 12.3 Å². The number of aliphatic imine (C=N–C) groups is 1. The van der Waals surface area contributed by atoms with Crippen molar-refractivity contribution < 1.29 is 31.2 Å². The maximum absolute atomic E-state index is 13.9. The number of hydrogen-bond donors (Lipinski definition) is 1. The van der Waals surface area contributed by atoms with Crippen LogP contribution in [0.3, 0.4) is 0 Å². The summed E-state index contributed by atoms with van der Waals surface area (Å²) in [6.07, 6.45) is 3.29. The third kappa shape index (κ3) is 6.12. The highest BCUT2D eigenvalue weighted by Gasteiger charge is 2.41. The summed E-state index contributed by atoms with van der Waals surface area (Å²) >= 11 is 7.78. The van der Waals surface area contributed by atoms with Gasteiger partial charge >= 0.3 is 12.7 Å². The molecular weight excluding hydrogens is 581 g/mol. The first-order valence-corrected chi connectivity index (χ1v) is 14.3. The van der Waals surface area contributed by atoms with Gasteiger partial charge in [0.2, 0.25) is 10.0 Å². The zero-order chi connectivity index (χ0) is 28.3. The summed E-state index contributed by atoms with van der Waals surface area (Å²) in [5.74, 6) is -0.132. The van der Waals surface area contributed by atoms with Crippen LogP contribution >= 0.6 is 22.9 Å². The molecule has 2 aromatic heterocycles. The molecule has 5 rings (SSSR count). The second-order valence-electron chi connectivity index (χ2n) is 8.29. The molecule has 16 heteroatoms. The van der Waals surface area contributed by atoms with E-state index in [-0.39, 0.29) is 35.6 Å². The van der Waals surface area contributed by atoms with Crippen LogP contribution in [0, 0.1) is 5.82 Å². The van der Waals surface area contributed by atoms with Crippen LogP contribution in [0.2, 0.25) is 5.02 Å². The third-order valence-corrected chi connectivity index (χ3v) is 8.50. The van der Waals surface area contributed by atoms with E-state index in [2.05, 4.69) is 14.8 Å². The highest BCUT2D eigenvalue weighted by atomic mass is 35.5. The molecule has 4 heterocycles. The maximum atomic E-state index is 13.9. The monoisotopic (exact) mass is 600 g/mol. The molecule has 1 N–H and O–H groups in total. The van der Waals surface area contributed by atoms with E-state index >= 15 is 0 Å². The van der Waals surface area contributed by atoms with Crippen LogP contribution in [0.1, 0.15) is 42.2 Å². The first kappa shape index (κ1) is 28.6. The van der Waals surface area contributed by atoms with Gasteiger partial charge in [-0.25, -0.2) is 27.2 Å². The van der Waals surface area contributed by atoms with Crippen molar-refractivity contribution in [3.05, 3.63) is 74.8 Å². The molecule has 1 fully saturated rings. The fourth-order valence-corrected chi connectivity index (χ4v) is 6.11. The summed E-state index contributed by atoms with van der Waals surface area (Å²) < 4.78 is 68.5. The molecule has 10 nitrogen and oxygen atoms in total. The van der Waals surface area contributed by atoms with Crippen LogP contribution in [0.25, 0.3) is 5.57 Å². The molecule has 1 saturated heterocycles. The Hall–Kier alpha value is -3.36. The van der Waals surface area contributed by atoms with Gasteiger partial charge in [0.15, 0.2) is 10.8 Å². The van der Waals surface area contributed by atoms with Gasteiger partial charge in [-0.3, -0.25) is 4.99 Å². The molecule has 2 aliphatic heterocycles. The number of benzene rings is 1. The topological polar surface area (TPSA) is 127 Å². The molecule has 2 aliphatic rings. The van der Waals surface area contributed by atoms with Gasteiger partial charge in [0, 0.05) is 58.6 Å². The number of rotatable bonds is 7. The van der Waals surface area contributed by atoms with Gasteiger partial charge in [0.25, 0.3) is 0 Å². The van der Waals surface area contributed by atoms with Crippen molar-refractivity contribution in [2.24, 2.45) is 4.99 Å². The molecule has 3 aromatic rings. The van der Waals surface area contributed by atoms with Crippen LogP contribution in [-0.4, -0.2) is 58.4 Å². The van der Waals surface area contributed by atoms with Gasteiger partial charge in [-0.15, -0.1) is 11.3 Å². The van der Waals surface area contributed by atoms with Gasteiger partial charge in [-0.05, 0) is 25.1 Å². The van der Waals surface area contributed by atoms with Crippen LogP contribution in [0.15, 0.2) is 52.7 Å². The Kier molecular flexibility index (Phi) is 8.67.